The molecule has 0 aliphatic heterocycles. The van der Waals surface area contributed by atoms with Crippen molar-refractivity contribution in [3.8, 4) is 5.75 Å². The first-order valence-electron chi connectivity index (χ1n) is 2.63. The van der Waals surface area contributed by atoms with E-state index in [1.165, 1.54) is 24.3 Å². The molecule has 0 saturated heterocycles. The quantitative estimate of drug-likeness (QED) is 0.478. The summed E-state index contributed by atoms with van der Waals surface area (Å²) in [5, 5.41) is 18.8. The van der Waals surface area contributed by atoms with Crippen LogP contribution in [0, 0.1) is 10.1 Å². The molecule has 0 heterocycles. The molecule has 0 bridgehead atoms. The number of aromatic hydroxyl groups is 1. The fourth-order valence-corrected chi connectivity index (χ4v) is 0.574. The minimum atomic E-state index is -0.514. The first-order valence-corrected chi connectivity index (χ1v) is 2.63. The molecule has 5 heteroatoms. The summed E-state index contributed by atoms with van der Waals surface area (Å²) in [6, 6.07) is 5.04. The van der Waals surface area contributed by atoms with Crippen molar-refractivity contribution in [1.82, 2.24) is 0 Å². The summed E-state index contributed by atoms with van der Waals surface area (Å²) in [7, 11) is 0. The summed E-state index contributed by atoms with van der Waals surface area (Å²) in [4.78, 5) is 9.52. The van der Waals surface area contributed by atoms with Crippen LogP contribution in [0.25, 0.3) is 0 Å². The summed E-state index contributed by atoms with van der Waals surface area (Å²) < 4.78 is 0. The van der Waals surface area contributed by atoms with Gasteiger partial charge in [0, 0.05) is 34.5 Å². The topological polar surface area (TPSA) is 63.4 Å². The zero-order valence-corrected chi connectivity index (χ0v) is 7.49. The minimum Gasteiger partial charge on any atom is -0.508 e. The van der Waals surface area contributed by atoms with Crippen molar-refractivity contribution >= 4 is 5.69 Å². The third-order valence-electron chi connectivity index (χ3n) is 1.06. The maximum Gasteiger partial charge on any atom is 0.269 e. The number of rotatable bonds is 1. The summed E-state index contributed by atoms with van der Waals surface area (Å²) in [5.74, 6) is 0.0330. The van der Waals surface area contributed by atoms with Gasteiger partial charge < -0.3 is 5.11 Å². The Kier molecular flexibility index (Phi) is 3.81. The fraction of sp³-hybridized carbons (Fsp3) is 0. The van der Waals surface area contributed by atoms with Gasteiger partial charge >= 0.3 is 0 Å². The number of non-ortho nitro benzene ring substituents is 1. The van der Waals surface area contributed by atoms with Crippen LogP contribution in [-0.4, -0.2) is 10.0 Å². The average Bonchev–Trinajstić information content (AvgIpc) is 1.88. The molecule has 0 unspecified atom stereocenters. The van der Waals surface area contributed by atoms with Crippen molar-refractivity contribution in [2.24, 2.45) is 0 Å². The van der Waals surface area contributed by atoms with Crippen LogP contribution in [0.4, 0.5) is 5.69 Å². The zero-order chi connectivity index (χ0) is 7.56. The van der Waals surface area contributed by atoms with E-state index >= 15 is 0 Å². The summed E-state index contributed by atoms with van der Waals surface area (Å²) in [5.41, 5.74) is -0.0159. The molecule has 0 aliphatic rings. The second-order valence-corrected chi connectivity index (χ2v) is 1.77. The van der Waals surface area contributed by atoms with Crippen molar-refractivity contribution in [1.29, 1.82) is 0 Å². The van der Waals surface area contributed by atoms with E-state index in [1.54, 1.807) is 0 Å². The maximum atomic E-state index is 10.0. The second-order valence-electron chi connectivity index (χ2n) is 1.77. The number of hydrogen-bond acceptors (Lipinski definition) is 3. The standard InChI is InChI=1S/C6H5NO3.Au/c8-6-3-1-5(2-4-6)7(9)10;/h1-4,8H;. The largest absolute Gasteiger partial charge is 0.508 e. The van der Waals surface area contributed by atoms with Gasteiger partial charge in [-0.25, -0.2) is 0 Å². The van der Waals surface area contributed by atoms with Gasteiger partial charge in [-0.2, -0.15) is 0 Å². The van der Waals surface area contributed by atoms with Crippen LogP contribution in [0.1, 0.15) is 0 Å². The van der Waals surface area contributed by atoms with Gasteiger partial charge in [0.15, 0.2) is 0 Å². The predicted molar refractivity (Wildman–Crippen MR) is 34.8 cm³/mol. The molecule has 0 fully saturated rings. The molecule has 11 heavy (non-hydrogen) atoms. The van der Waals surface area contributed by atoms with E-state index in [4.69, 9.17) is 5.11 Å². The Morgan fingerprint density at radius 1 is 1.27 bits per heavy atom. The first-order chi connectivity index (χ1) is 4.70. The second kappa shape index (κ2) is 4.13. The number of nitrogens with zero attached hydrogens (tertiary/aromatic N) is 1. The third kappa shape index (κ3) is 2.71. The van der Waals surface area contributed by atoms with Crippen LogP contribution in [0.15, 0.2) is 24.3 Å². The Balaban J connectivity index is 0.000001000. The fourth-order valence-electron chi connectivity index (χ4n) is 0.574. The molecular weight excluding hydrogens is 331 g/mol. The van der Waals surface area contributed by atoms with Crippen molar-refractivity contribution in [3.05, 3.63) is 34.4 Å². The zero-order valence-electron chi connectivity index (χ0n) is 5.32. The Hall–Kier alpha value is -0.840. The molecule has 1 rings (SSSR count). The predicted octanol–water partition coefficient (Wildman–Crippen LogP) is 1.30. The number of hydrogen-bond donors (Lipinski definition) is 1. The van der Waals surface area contributed by atoms with Crippen LogP contribution >= 0.6 is 0 Å². The monoisotopic (exact) mass is 336 g/mol. The molecule has 0 aliphatic carbocycles. The van der Waals surface area contributed by atoms with Crippen molar-refractivity contribution < 1.29 is 32.4 Å². The summed E-state index contributed by atoms with van der Waals surface area (Å²) in [6.07, 6.45) is 0. The molecule has 0 amide bonds. The van der Waals surface area contributed by atoms with Crippen molar-refractivity contribution in [2.75, 3.05) is 0 Å². The van der Waals surface area contributed by atoms with Crippen molar-refractivity contribution in [2.45, 2.75) is 0 Å². The van der Waals surface area contributed by atoms with Gasteiger partial charge in [-0.1, -0.05) is 0 Å². The van der Waals surface area contributed by atoms with E-state index in [0.717, 1.165) is 0 Å². The van der Waals surface area contributed by atoms with E-state index in [-0.39, 0.29) is 33.8 Å². The average molecular weight is 336 g/mol. The van der Waals surface area contributed by atoms with Crippen LogP contribution in [0.2, 0.25) is 0 Å². The van der Waals surface area contributed by atoms with E-state index in [1.807, 2.05) is 0 Å². The Morgan fingerprint density at radius 2 is 1.73 bits per heavy atom. The van der Waals surface area contributed by atoms with Gasteiger partial charge in [-0.3, -0.25) is 10.1 Å². The molecule has 1 aromatic carbocycles. The Morgan fingerprint density at radius 3 is 2.09 bits per heavy atom. The number of benzene rings is 1. The Labute approximate surface area is 78.5 Å². The molecule has 1 aromatic rings. The molecular formula is C6H5AuNO3. The molecule has 0 aromatic heterocycles. The minimum absolute atomic E-state index is 0. The van der Waals surface area contributed by atoms with Gasteiger partial charge in [0.2, 0.25) is 0 Å². The van der Waals surface area contributed by atoms with Crippen molar-refractivity contribution in [3.63, 3.8) is 0 Å². The molecule has 1 N–H and O–H groups in total. The third-order valence-corrected chi connectivity index (χ3v) is 1.06. The molecule has 4 nitrogen and oxygen atoms in total. The van der Waals surface area contributed by atoms with Gasteiger partial charge in [-0.05, 0) is 12.1 Å². The first kappa shape index (κ1) is 10.2. The number of nitro benzene ring substituents is 1. The van der Waals surface area contributed by atoms with E-state index in [9.17, 15) is 10.1 Å². The van der Waals surface area contributed by atoms with E-state index in [2.05, 4.69) is 0 Å². The molecule has 0 atom stereocenters. The van der Waals surface area contributed by atoms with E-state index in [0.29, 0.717) is 0 Å². The number of phenolic OH excluding ortho intramolecular Hbond substituents is 1. The summed E-state index contributed by atoms with van der Waals surface area (Å²) in [6.45, 7) is 0. The Bertz CT molecular complexity index is 247. The van der Waals surface area contributed by atoms with Gasteiger partial charge in [0.25, 0.3) is 5.69 Å². The molecule has 0 saturated carbocycles. The van der Waals surface area contributed by atoms with Gasteiger partial charge in [0.1, 0.15) is 5.75 Å². The maximum absolute atomic E-state index is 10.0. The normalized spacial score (nSPS) is 8.36. The molecule has 0 spiro atoms. The van der Waals surface area contributed by atoms with E-state index < -0.39 is 4.92 Å². The van der Waals surface area contributed by atoms with Gasteiger partial charge in [0.05, 0.1) is 4.92 Å². The summed E-state index contributed by atoms with van der Waals surface area (Å²) >= 11 is 0. The number of phenols is 1. The van der Waals surface area contributed by atoms with Crippen LogP contribution < -0.4 is 0 Å². The number of nitro groups is 1. The van der Waals surface area contributed by atoms with Crippen LogP contribution in [0.3, 0.4) is 0 Å². The van der Waals surface area contributed by atoms with Gasteiger partial charge in [-0.15, -0.1) is 0 Å². The SMILES string of the molecule is O=[N+]([O-])c1ccc(O)cc1.[Au]. The molecule has 1 radical (unpaired) electrons. The van der Waals surface area contributed by atoms with Crippen LogP contribution in [-0.2, 0) is 22.4 Å². The molecule has 63 valence electrons. The van der Waals surface area contributed by atoms with Crippen LogP contribution in [0.5, 0.6) is 5.75 Å². The smallest absolute Gasteiger partial charge is 0.269 e.